The first-order valence-corrected chi connectivity index (χ1v) is 8.64. The predicted octanol–water partition coefficient (Wildman–Crippen LogP) is 0.535. The largest absolute Gasteiger partial charge is 0.395 e. The number of aliphatic hydroxyl groups is 3. The van der Waals surface area contributed by atoms with Gasteiger partial charge in [0, 0.05) is 26.0 Å². The predicted molar refractivity (Wildman–Crippen MR) is 82.4 cm³/mol. The van der Waals surface area contributed by atoms with Crippen LogP contribution in [0.4, 0.5) is 0 Å². The Morgan fingerprint density at radius 2 is 1.95 bits per heavy atom. The van der Waals surface area contributed by atoms with Crippen molar-refractivity contribution in [3.05, 3.63) is 0 Å². The third kappa shape index (κ3) is 4.63. The van der Waals surface area contributed by atoms with Crippen LogP contribution in [0, 0.1) is 0 Å². The molecule has 0 spiro atoms. The number of ether oxygens (including phenoxy) is 2. The maximum atomic E-state index is 10.6. The minimum absolute atomic E-state index is 0.166. The third-order valence-corrected chi connectivity index (χ3v) is 4.71. The molecule has 6 nitrogen and oxygen atoms in total. The third-order valence-electron chi connectivity index (χ3n) is 4.71. The van der Waals surface area contributed by atoms with Crippen LogP contribution in [-0.2, 0) is 9.47 Å². The summed E-state index contributed by atoms with van der Waals surface area (Å²) in [6.07, 6.45) is 4.33. The Labute approximate surface area is 132 Å². The zero-order valence-electron chi connectivity index (χ0n) is 13.5. The van der Waals surface area contributed by atoms with Crippen LogP contribution in [0.5, 0.6) is 0 Å². The summed E-state index contributed by atoms with van der Waals surface area (Å²) in [4.78, 5) is 0. The van der Waals surface area contributed by atoms with Crippen molar-refractivity contribution in [2.45, 2.75) is 82.0 Å². The molecule has 1 saturated carbocycles. The van der Waals surface area contributed by atoms with Gasteiger partial charge in [-0.15, -0.1) is 0 Å². The molecule has 130 valence electrons. The number of aliphatic hydroxyl groups excluding tert-OH is 2. The summed E-state index contributed by atoms with van der Waals surface area (Å²) in [5.41, 5.74) is 0. The summed E-state index contributed by atoms with van der Waals surface area (Å²) in [6.45, 7) is 3.05. The van der Waals surface area contributed by atoms with Crippen LogP contribution in [0.2, 0.25) is 0 Å². The topological polar surface area (TPSA) is 91.2 Å². The van der Waals surface area contributed by atoms with E-state index in [1.807, 2.05) is 0 Å². The first-order valence-electron chi connectivity index (χ1n) is 8.64. The van der Waals surface area contributed by atoms with Gasteiger partial charge in [0.25, 0.3) is 0 Å². The standard InChI is InChI=1S/C16H31NO5/c1-2-3-9-21-13-10-17-12(11-18)14(19)15(13)22-16(20)7-5-4-6-8-16/h12-15,17-20H,2-11H2,1H3/t12?,13-,14+,15+/m0/s1. The maximum Gasteiger partial charge on any atom is 0.166 e. The second-order valence-corrected chi connectivity index (χ2v) is 6.54. The van der Waals surface area contributed by atoms with E-state index in [4.69, 9.17) is 9.47 Å². The number of hydrogen-bond acceptors (Lipinski definition) is 6. The van der Waals surface area contributed by atoms with Crippen molar-refractivity contribution in [1.82, 2.24) is 5.32 Å². The highest BCUT2D eigenvalue weighted by molar-refractivity contribution is 4.95. The molecule has 1 saturated heterocycles. The van der Waals surface area contributed by atoms with E-state index < -0.39 is 24.0 Å². The molecule has 1 aliphatic heterocycles. The van der Waals surface area contributed by atoms with Gasteiger partial charge in [0.2, 0.25) is 0 Å². The van der Waals surface area contributed by atoms with Gasteiger partial charge in [-0.3, -0.25) is 0 Å². The fourth-order valence-corrected chi connectivity index (χ4v) is 3.28. The maximum absolute atomic E-state index is 10.6. The Hall–Kier alpha value is -0.240. The molecular weight excluding hydrogens is 286 g/mol. The monoisotopic (exact) mass is 317 g/mol. The van der Waals surface area contributed by atoms with Crippen molar-refractivity contribution in [2.75, 3.05) is 19.8 Å². The molecule has 2 rings (SSSR count). The van der Waals surface area contributed by atoms with Crippen LogP contribution in [0.15, 0.2) is 0 Å². The Morgan fingerprint density at radius 3 is 2.59 bits per heavy atom. The average molecular weight is 317 g/mol. The van der Waals surface area contributed by atoms with Gasteiger partial charge in [0.1, 0.15) is 12.2 Å². The van der Waals surface area contributed by atoms with Crippen LogP contribution in [-0.4, -0.2) is 65.2 Å². The van der Waals surface area contributed by atoms with Crippen LogP contribution in [0.25, 0.3) is 0 Å². The van der Waals surface area contributed by atoms with Gasteiger partial charge in [-0.1, -0.05) is 19.8 Å². The Morgan fingerprint density at radius 1 is 1.23 bits per heavy atom. The van der Waals surface area contributed by atoms with Gasteiger partial charge >= 0.3 is 0 Å². The minimum atomic E-state index is -1.17. The molecule has 1 aliphatic carbocycles. The van der Waals surface area contributed by atoms with Gasteiger partial charge < -0.3 is 30.1 Å². The lowest BCUT2D eigenvalue weighted by atomic mass is 9.91. The van der Waals surface area contributed by atoms with E-state index in [9.17, 15) is 15.3 Å². The first-order chi connectivity index (χ1) is 10.6. The zero-order valence-corrected chi connectivity index (χ0v) is 13.5. The number of piperidine rings is 1. The van der Waals surface area contributed by atoms with Crippen molar-refractivity contribution in [1.29, 1.82) is 0 Å². The molecule has 0 aromatic rings. The van der Waals surface area contributed by atoms with Gasteiger partial charge in [-0.2, -0.15) is 0 Å². The molecule has 2 aliphatic rings. The number of rotatable bonds is 7. The molecule has 1 heterocycles. The van der Waals surface area contributed by atoms with Gasteiger partial charge in [0.15, 0.2) is 5.79 Å². The molecule has 2 fully saturated rings. The molecule has 1 unspecified atom stereocenters. The fraction of sp³-hybridized carbons (Fsp3) is 1.00. The second-order valence-electron chi connectivity index (χ2n) is 6.54. The highest BCUT2D eigenvalue weighted by atomic mass is 16.6. The quantitative estimate of drug-likeness (QED) is 0.405. The van der Waals surface area contributed by atoms with Crippen molar-refractivity contribution in [3.8, 4) is 0 Å². The number of nitrogens with one attached hydrogen (secondary N) is 1. The smallest absolute Gasteiger partial charge is 0.166 e. The van der Waals surface area contributed by atoms with Crippen LogP contribution >= 0.6 is 0 Å². The van der Waals surface area contributed by atoms with Crippen molar-refractivity contribution in [3.63, 3.8) is 0 Å². The van der Waals surface area contributed by atoms with E-state index in [0.717, 1.165) is 32.1 Å². The lowest BCUT2D eigenvalue weighted by Crippen LogP contribution is -2.64. The van der Waals surface area contributed by atoms with E-state index in [0.29, 0.717) is 26.0 Å². The molecule has 0 amide bonds. The Balaban J connectivity index is 2.01. The summed E-state index contributed by atoms with van der Waals surface area (Å²) >= 11 is 0. The Bertz CT molecular complexity index is 320. The highest BCUT2D eigenvalue weighted by Crippen LogP contribution is 2.32. The lowest BCUT2D eigenvalue weighted by Gasteiger charge is -2.44. The van der Waals surface area contributed by atoms with Crippen molar-refractivity contribution in [2.24, 2.45) is 0 Å². The summed E-state index contributed by atoms with van der Waals surface area (Å²) in [6, 6.07) is -0.441. The SMILES string of the molecule is CCCCO[C@H]1CNC(CO)[C@@H](O)[C@@H]1OC1(O)CCCCC1. The van der Waals surface area contributed by atoms with E-state index >= 15 is 0 Å². The molecule has 0 aromatic carbocycles. The fourth-order valence-electron chi connectivity index (χ4n) is 3.28. The van der Waals surface area contributed by atoms with Gasteiger partial charge in [0.05, 0.1) is 18.8 Å². The van der Waals surface area contributed by atoms with Crippen LogP contribution in [0.1, 0.15) is 51.9 Å². The molecular formula is C16H31NO5. The van der Waals surface area contributed by atoms with E-state index in [2.05, 4.69) is 12.2 Å². The molecule has 22 heavy (non-hydrogen) atoms. The van der Waals surface area contributed by atoms with E-state index in [-0.39, 0.29) is 12.7 Å². The van der Waals surface area contributed by atoms with Crippen molar-refractivity contribution >= 4 is 0 Å². The highest BCUT2D eigenvalue weighted by Gasteiger charge is 2.44. The van der Waals surface area contributed by atoms with E-state index in [1.54, 1.807) is 0 Å². The molecule has 0 aromatic heterocycles. The Kier molecular flexibility index (Phi) is 7.05. The summed E-state index contributed by atoms with van der Waals surface area (Å²) in [5.74, 6) is -1.17. The summed E-state index contributed by atoms with van der Waals surface area (Å²) in [7, 11) is 0. The number of unbranched alkanes of at least 4 members (excludes halogenated alkanes) is 1. The van der Waals surface area contributed by atoms with Gasteiger partial charge in [-0.25, -0.2) is 0 Å². The second kappa shape index (κ2) is 8.57. The molecule has 4 N–H and O–H groups in total. The average Bonchev–Trinajstić information content (AvgIpc) is 2.51. The molecule has 4 atom stereocenters. The minimum Gasteiger partial charge on any atom is -0.395 e. The lowest BCUT2D eigenvalue weighted by molar-refractivity contribution is -0.287. The summed E-state index contributed by atoms with van der Waals surface area (Å²) in [5, 5.41) is 33.5. The first kappa shape index (κ1) is 18.1. The molecule has 0 radical (unpaired) electrons. The van der Waals surface area contributed by atoms with E-state index in [1.165, 1.54) is 0 Å². The normalized spacial score (nSPS) is 35.5. The van der Waals surface area contributed by atoms with Crippen LogP contribution in [0.3, 0.4) is 0 Å². The number of hydrogen-bond donors (Lipinski definition) is 4. The zero-order chi connectivity index (χ0) is 16.0. The van der Waals surface area contributed by atoms with Crippen LogP contribution < -0.4 is 5.32 Å². The summed E-state index contributed by atoms with van der Waals surface area (Å²) < 4.78 is 11.8. The molecule has 6 heteroatoms. The van der Waals surface area contributed by atoms with Crippen molar-refractivity contribution < 1.29 is 24.8 Å². The molecule has 0 bridgehead atoms. The van der Waals surface area contributed by atoms with Gasteiger partial charge in [-0.05, 0) is 19.3 Å².